The molecule has 0 amide bonds. The van der Waals surface area contributed by atoms with Crippen molar-refractivity contribution in [1.82, 2.24) is 5.32 Å². The van der Waals surface area contributed by atoms with Gasteiger partial charge in [0.15, 0.2) is 0 Å². The Morgan fingerprint density at radius 3 is 2.29 bits per heavy atom. The van der Waals surface area contributed by atoms with Crippen LogP contribution in [0.2, 0.25) is 0 Å². The molecule has 0 aliphatic carbocycles. The molecular weight excluding hydrogens is 322 g/mol. The highest BCUT2D eigenvalue weighted by Gasteiger charge is 2.05. The molecule has 0 bridgehead atoms. The molecule has 1 N–H and O–H groups in total. The third kappa shape index (κ3) is 5.29. The number of nitrogens with one attached hydrogen (secondary N) is 1. The lowest BCUT2D eigenvalue weighted by atomic mass is 10.00. The third-order valence-corrected chi connectivity index (χ3v) is 4.12. The van der Waals surface area contributed by atoms with E-state index < -0.39 is 0 Å². The predicted molar refractivity (Wildman–Crippen MR) is 94.4 cm³/mol. The monoisotopic (exact) mass is 345 g/mol. The zero-order valence-corrected chi connectivity index (χ0v) is 14.7. The summed E-state index contributed by atoms with van der Waals surface area (Å²) < 4.78 is 1.13. The molecule has 2 aromatic rings. The Morgan fingerprint density at radius 2 is 1.67 bits per heavy atom. The second-order valence-electron chi connectivity index (χ2n) is 6.07. The fraction of sp³-hybridized carbons (Fsp3) is 0.368. The zero-order valence-electron chi connectivity index (χ0n) is 13.1. The lowest BCUT2D eigenvalue weighted by Gasteiger charge is -2.15. The van der Waals surface area contributed by atoms with Gasteiger partial charge in [0.25, 0.3) is 0 Å². The molecule has 0 saturated heterocycles. The van der Waals surface area contributed by atoms with Gasteiger partial charge in [0.2, 0.25) is 0 Å². The van der Waals surface area contributed by atoms with Crippen LogP contribution >= 0.6 is 15.9 Å². The van der Waals surface area contributed by atoms with Crippen LogP contribution in [0, 0.1) is 5.92 Å². The summed E-state index contributed by atoms with van der Waals surface area (Å²) in [5.41, 5.74) is 4.07. The van der Waals surface area contributed by atoms with E-state index in [0.717, 1.165) is 17.4 Å². The van der Waals surface area contributed by atoms with Crippen LogP contribution in [0.25, 0.3) is 0 Å². The summed E-state index contributed by atoms with van der Waals surface area (Å²) in [4.78, 5) is 0. The van der Waals surface area contributed by atoms with Crippen LogP contribution < -0.4 is 5.32 Å². The van der Waals surface area contributed by atoms with E-state index >= 15 is 0 Å². The van der Waals surface area contributed by atoms with Crippen molar-refractivity contribution < 1.29 is 0 Å². The molecule has 0 spiro atoms. The van der Waals surface area contributed by atoms with Crippen LogP contribution in [0.4, 0.5) is 0 Å². The fourth-order valence-corrected chi connectivity index (χ4v) is 2.90. The minimum atomic E-state index is 0.358. The van der Waals surface area contributed by atoms with E-state index in [9.17, 15) is 0 Å². The topological polar surface area (TPSA) is 12.0 Å². The summed E-state index contributed by atoms with van der Waals surface area (Å²) >= 11 is 3.51. The first-order valence-corrected chi connectivity index (χ1v) is 8.40. The van der Waals surface area contributed by atoms with Gasteiger partial charge in [-0.1, -0.05) is 66.2 Å². The second-order valence-corrected chi connectivity index (χ2v) is 6.99. The minimum Gasteiger partial charge on any atom is -0.306 e. The molecule has 0 aliphatic rings. The van der Waals surface area contributed by atoms with E-state index in [1.165, 1.54) is 16.7 Å². The van der Waals surface area contributed by atoms with E-state index in [2.05, 4.69) is 90.5 Å². The number of hydrogen-bond donors (Lipinski definition) is 1. The van der Waals surface area contributed by atoms with Gasteiger partial charge in [-0.15, -0.1) is 0 Å². The van der Waals surface area contributed by atoms with Crippen LogP contribution in [0.3, 0.4) is 0 Å². The largest absolute Gasteiger partial charge is 0.306 e. The normalized spacial score (nSPS) is 12.6. The van der Waals surface area contributed by atoms with Gasteiger partial charge in [-0.2, -0.15) is 0 Å². The van der Waals surface area contributed by atoms with Crippen LogP contribution in [-0.2, 0) is 13.0 Å². The van der Waals surface area contributed by atoms with Gasteiger partial charge in [0, 0.05) is 17.1 Å². The molecule has 2 aromatic carbocycles. The van der Waals surface area contributed by atoms with E-state index in [0.29, 0.717) is 12.0 Å². The first-order chi connectivity index (χ1) is 10.0. The van der Waals surface area contributed by atoms with Crippen LogP contribution in [0.5, 0.6) is 0 Å². The molecular formula is C19H24BrN. The summed E-state index contributed by atoms with van der Waals surface area (Å²) in [6.45, 7) is 7.62. The minimum absolute atomic E-state index is 0.358. The van der Waals surface area contributed by atoms with Crippen molar-refractivity contribution in [3.05, 3.63) is 69.7 Å². The maximum Gasteiger partial charge on any atom is 0.0294 e. The number of halogens is 1. The molecule has 21 heavy (non-hydrogen) atoms. The molecule has 0 heterocycles. The Hall–Kier alpha value is -1.12. The molecule has 0 fully saturated rings. The summed E-state index contributed by atoms with van der Waals surface area (Å²) in [7, 11) is 0. The van der Waals surface area contributed by atoms with Gasteiger partial charge in [0.05, 0.1) is 0 Å². The molecule has 0 aliphatic heterocycles. The Kier molecular flexibility index (Phi) is 6.01. The van der Waals surface area contributed by atoms with Gasteiger partial charge in [-0.25, -0.2) is 0 Å². The molecule has 1 nitrogen and oxygen atoms in total. The maximum absolute atomic E-state index is 3.58. The zero-order chi connectivity index (χ0) is 15.2. The lowest BCUT2D eigenvalue weighted by molar-refractivity contribution is 0.574. The molecule has 112 valence electrons. The first kappa shape index (κ1) is 16.3. The van der Waals surface area contributed by atoms with Gasteiger partial charge < -0.3 is 5.32 Å². The number of benzene rings is 2. The molecule has 2 rings (SSSR count). The third-order valence-electron chi connectivity index (χ3n) is 3.63. The standard InChI is InChI=1S/C19H24BrN/c1-14(2)11-16-7-9-18(10-8-16)15(3)21-13-17-5-4-6-19(20)12-17/h4-10,12,14-15,21H,11,13H2,1-3H3. The highest BCUT2D eigenvalue weighted by molar-refractivity contribution is 9.10. The van der Waals surface area contributed by atoms with Gasteiger partial charge >= 0.3 is 0 Å². The van der Waals surface area contributed by atoms with Gasteiger partial charge in [-0.05, 0) is 48.1 Å². The van der Waals surface area contributed by atoms with Crippen molar-refractivity contribution in [3.63, 3.8) is 0 Å². The molecule has 0 saturated carbocycles. The average Bonchev–Trinajstić information content (AvgIpc) is 2.45. The second kappa shape index (κ2) is 7.77. The summed E-state index contributed by atoms with van der Waals surface area (Å²) in [6, 6.07) is 17.8. The van der Waals surface area contributed by atoms with E-state index in [-0.39, 0.29) is 0 Å². The van der Waals surface area contributed by atoms with Gasteiger partial charge in [-0.3, -0.25) is 0 Å². The summed E-state index contributed by atoms with van der Waals surface area (Å²) in [5, 5.41) is 3.58. The molecule has 2 heteroatoms. The highest BCUT2D eigenvalue weighted by Crippen LogP contribution is 2.17. The molecule has 0 radical (unpaired) electrons. The Labute approximate surface area is 136 Å². The van der Waals surface area contributed by atoms with Crippen molar-refractivity contribution in [1.29, 1.82) is 0 Å². The van der Waals surface area contributed by atoms with Crippen molar-refractivity contribution in [3.8, 4) is 0 Å². The summed E-state index contributed by atoms with van der Waals surface area (Å²) in [5.74, 6) is 0.711. The maximum atomic E-state index is 3.58. The molecule has 1 unspecified atom stereocenters. The van der Waals surface area contributed by atoms with Crippen molar-refractivity contribution >= 4 is 15.9 Å². The average molecular weight is 346 g/mol. The van der Waals surface area contributed by atoms with Crippen molar-refractivity contribution in [2.75, 3.05) is 0 Å². The van der Waals surface area contributed by atoms with Crippen LogP contribution in [-0.4, -0.2) is 0 Å². The fourth-order valence-electron chi connectivity index (χ4n) is 2.45. The first-order valence-electron chi connectivity index (χ1n) is 7.61. The summed E-state index contributed by atoms with van der Waals surface area (Å²) in [6.07, 6.45) is 1.15. The highest BCUT2D eigenvalue weighted by atomic mass is 79.9. The number of hydrogen-bond acceptors (Lipinski definition) is 1. The Balaban J connectivity index is 1.92. The smallest absolute Gasteiger partial charge is 0.0294 e. The Morgan fingerprint density at radius 1 is 0.952 bits per heavy atom. The lowest BCUT2D eigenvalue weighted by Crippen LogP contribution is -2.18. The van der Waals surface area contributed by atoms with E-state index in [4.69, 9.17) is 0 Å². The van der Waals surface area contributed by atoms with E-state index in [1.807, 2.05) is 0 Å². The Bertz CT molecular complexity index is 560. The molecule has 0 aromatic heterocycles. The van der Waals surface area contributed by atoms with Gasteiger partial charge in [0.1, 0.15) is 0 Å². The molecule has 1 atom stereocenters. The van der Waals surface area contributed by atoms with E-state index in [1.54, 1.807) is 0 Å². The quantitative estimate of drug-likeness (QED) is 0.728. The number of rotatable bonds is 6. The van der Waals surface area contributed by atoms with Crippen LogP contribution in [0.15, 0.2) is 53.0 Å². The van der Waals surface area contributed by atoms with Crippen LogP contribution in [0.1, 0.15) is 43.5 Å². The SMILES string of the molecule is CC(C)Cc1ccc(C(C)NCc2cccc(Br)c2)cc1. The predicted octanol–water partition coefficient (Wildman–Crippen LogP) is 5.50. The van der Waals surface area contributed by atoms with Crippen molar-refractivity contribution in [2.45, 2.75) is 39.8 Å². The van der Waals surface area contributed by atoms with Crippen molar-refractivity contribution in [2.24, 2.45) is 5.92 Å².